The van der Waals surface area contributed by atoms with Gasteiger partial charge in [0, 0.05) is 12.3 Å². The van der Waals surface area contributed by atoms with E-state index in [0.29, 0.717) is 31.1 Å². The molecular weight excluding hydrogens is 278 g/mol. The van der Waals surface area contributed by atoms with Gasteiger partial charge in [-0.15, -0.1) is 0 Å². The minimum atomic E-state index is -3.00. The quantitative estimate of drug-likeness (QED) is 0.793. The molecule has 0 aliphatic rings. The zero-order valence-electron chi connectivity index (χ0n) is 12.3. The van der Waals surface area contributed by atoms with Crippen molar-refractivity contribution < 1.29 is 17.9 Å². The van der Waals surface area contributed by atoms with Gasteiger partial charge in [0.1, 0.15) is 9.84 Å². The summed E-state index contributed by atoms with van der Waals surface area (Å²) in [5.74, 6) is 1.39. The second-order valence-electron chi connectivity index (χ2n) is 4.60. The van der Waals surface area contributed by atoms with E-state index in [9.17, 15) is 8.42 Å². The van der Waals surface area contributed by atoms with Crippen molar-refractivity contribution in [3.63, 3.8) is 0 Å². The number of ether oxygens (including phenoxy) is 2. The minimum absolute atomic E-state index is 0.0747. The molecule has 0 saturated heterocycles. The molecule has 5 nitrogen and oxygen atoms in total. The molecule has 1 rings (SSSR count). The Morgan fingerprint density at radius 3 is 2.30 bits per heavy atom. The van der Waals surface area contributed by atoms with Crippen LogP contribution in [0.4, 0.5) is 0 Å². The molecule has 0 heterocycles. The molecule has 0 aromatic heterocycles. The van der Waals surface area contributed by atoms with Gasteiger partial charge in [-0.25, -0.2) is 8.42 Å². The summed E-state index contributed by atoms with van der Waals surface area (Å²) in [6.45, 7) is 4.88. The van der Waals surface area contributed by atoms with Crippen LogP contribution < -0.4 is 15.2 Å². The summed E-state index contributed by atoms with van der Waals surface area (Å²) in [5, 5.41) is 0. The van der Waals surface area contributed by atoms with Crippen molar-refractivity contribution >= 4 is 9.84 Å². The smallest absolute Gasteiger partial charge is 0.161 e. The van der Waals surface area contributed by atoms with E-state index >= 15 is 0 Å². The Labute approximate surface area is 121 Å². The second-order valence-corrected chi connectivity index (χ2v) is 6.86. The molecule has 0 bridgehead atoms. The lowest BCUT2D eigenvalue weighted by molar-refractivity contribution is 0.287. The standard InChI is InChI=1S/C14H23NO4S/c1-4-18-13-7-6-11(10-14(13)19-5-2)12(15)8-9-20(3,16)17/h6-7,10,12H,4-5,8-9,15H2,1-3H3. The molecule has 6 heteroatoms. The molecular formula is C14H23NO4S. The first-order valence-corrected chi connectivity index (χ1v) is 8.76. The molecule has 114 valence electrons. The molecule has 0 radical (unpaired) electrons. The Bertz CT molecular complexity index is 528. The van der Waals surface area contributed by atoms with Crippen molar-refractivity contribution in [1.82, 2.24) is 0 Å². The van der Waals surface area contributed by atoms with Crippen LogP contribution in [0.15, 0.2) is 18.2 Å². The topological polar surface area (TPSA) is 78.6 Å². The summed E-state index contributed by atoms with van der Waals surface area (Å²) in [5.41, 5.74) is 6.88. The van der Waals surface area contributed by atoms with Gasteiger partial charge < -0.3 is 15.2 Å². The fourth-order valence-corrected chi connectivity index (χ4v) is 2.49. The highest BCUT2D eigenvalue weighted by molar-refractivity contribution is 7.90. The molecule has 0 spiro atoms. The fraction of sp³-hybridized carbons (Fsp3) is 0.571. The van der Waals surface area contributed by atoms with Gasteiger partial charge in [-0.3, -0.25) is 0 Å². The third-order valence-electron chi connectivity index (χ3n) is 2.80. The van der Waals surface area contributed by atoms with E-state index in [1.165, 1.54) is 6.26 Å². The number of hydrogen-bond donors (Lipinski definition) is 1. The minimum Gasteiger partial charge on any atom is -0.490 e. The second kappa shape index (κ2) is 7.50. The number of rotatable bonds is 8. The molecule has 0 aliphatic carbocycles. The molecule has 0 amide bonds. The Morgan fingerprint density at radius 1 is 1.15 bits per heavy atom. The highest BCUT2D eigenvalue weighted by Gasteiger charge is 2.13. The fourth-order valence-electron chi connectivity index (χ4n) is 1.81. The van der Waals surface area contributed by atoms with Crippen LogP contribution >= 0.6 is 0 Å². The average Bonchev–Trinajstić information content (AvgIpc) is 2.37. The van der Waals surface area contributed by atoms with Crippen LogP contribution in [0.25, 0.3) is 0 Å². The van der Waals surface area contributed by atoms with E-state index in [0.717, 1.165) is 5.56 Å². The largest absolute Gasteiger partial charge is 0.490 e. The summed E-state index contributed by atoms with van der Waals surface area (Å²) in [4.78, 5) is 0. The van der Waals surface area contributed by atoms with Crippen molar-refractivity contribution in [1.29, 1.82) is 0 Å². The normalized spacial score (nSPS) is 13.0. The summed E-state index contributed by atoms with van der Waals surface area (Å²) >= 11 is 0. The van der Waals surface area contributed by atoms with E-state index in [1.54, 1.807) is 0 Å². The lowest BCUT2D eigenvalue weighted by Gasteiger charge is -2.16. The number of nitrogens with two attached hydrogens (primary N) is 1. The predicted octanol–water partition coefficient (Wildman–Crippen LogP) is 1.92. The van der Waals surface area contributed by atoms with Gasteiger partial charge in [0.2, 0.25) is 0 Å². The van der Waals surface area contributed by atoms with E-state index in [2.05, 4.69) is 0 Å². The Kier molecular flexibility index (Phi) is 6.29. The van der Waals surface area contributed by atoms with Crippen LogP contribution in [0.5, 0.6) is 11.5 Å². The molecule has 20 heavy (non-hydrogen) atoms. The first-order valence-electron chi connectivity index (χ1n) is 6.70. The summed E-state index contributed by atoms with van der Waals surface area (Å²) in [6, 6.07) is 5.14. The van der Waals surface area contributed by atoms with E-state index in [-0.39, 0.29) is 11.8 Å². The van der Waals surface area contributed by atoms with Crippen molar-refractivity contribution in [3.8, 4) is 11.5 Å². The Morgan fingerprint density at radius 2 is 1.75 bits per heavy atom. The van der Waals surface area contributed by atoms with Crippen LogP contribution in [0, 0.1) is 0 Å². The lowest BCUT2D eigenvalue weighted by Crippen LogP contribution is -2.16. The highest BCUT2D eigenvalue weighted by Crippen LogP contribution is 2.31. The molecule has 2 N–H and O–H groups in total. The van der Waals surface area contributed by atoms with Gasteiger partial charge in [-0.1, -0.05) is 6.07 Å². The van der Waals surface area contributed by atoms with Crippen molar-refractivity contribution in [3.05, 3.63) is 23.8 Å². The molecule has 1 atom stereocenters. The number of sulfone groups is 1. The van der Waals surface area contributed by atoms with Gasteiger partial charge in [0.25, 0.3) is 0 Å². The van der Waals surface area contributed by atoms with E-state index in [1.807, 2.05) is 32.0 Å². The monoisotopic (exact) mass is 301 g/mol. The zero-order chi connectivity index (χ0) is 15.2. The molecule has 0 saturated carbocycles. The SMILES string of the molecule is CCOc1ccc(C(N)CCS(C)(=O)=O)cc1OCC. The van der Waals surface area contributed by atoms with Crippen molar-refractivity contribution in [2.75, 3.05) is 25.2 Å². The van der Waals surface area contributed by atoms with Crippen molar-refractivity contribution in [2.45, 2.75) is 26.3 Å². The van der Waals surface area contributed by atoms with Crippen LogP contribution in [0.3, 0.4) is 0 Å². The number of benzene rings is 1. The average molecular weight is 301 g/mol. The lowest BCUT2D eigenvalue weighted by atomic mass is 10.0. The summed E-state index contributed by atoms with van der Waals surface area (Å²) < 4.78 is 33.4. The third kappa shape index (κ3) is 5.38. The number of hydrogen-bond acceptors (Lipinski definition) is 5. The molecule has 1 unspecified atom stereocenters. The van der Waals surface area contributed by atoms with Crippen LogP contribution in [0.1, 0.15) is 31.9 Å². The van der Waals surface area contributed by atoms with Gasteiger partial charge in [-0.05, 0) is 38.0 Å². The maximum Gasteiger partial charge on any atom is 0.161 e. The van der Waals surface area contributed by atoms with Crippen LogP contribution in [-0.2, 0) is 9.84 Å². The van der Waals surface area contributed by atoms with Gasteiger partial charge in [-0.2, -0.15) is 0 Å². The zero-order valence-corrected chi connectivity index (χ0v) is 13.1. The Hall–Kier alpha value is -1.27. The molecule has 0 fully saturated rings. The van der Waals surface area contributed by atoms with Gasteiger partial charge in [0.15, 0.2) is 11.5 Å². The first-order chi connectivity index (χ1) is 9.37. The molecule has 0 aliphatic heterocycles. The van der Waals surface area contributed by atoms with Crippen LogP contribution in [-0.4, -0.2) is 33.6 Å². The van der Waals surface area contributed by atoms with E-state index in [4.69, 9.17) is 15.2 Å². The van der Waals surface area contributed by atoms with Gasteiger partial charge in [0.05, 0.1) is 19.0 Å². The van der Waals surface area contributed by atoms with Gasteiger partial charge >= 0.3 is 0 Å². The third-order valence-corrected chi connectivity index (χ3v) is 3.77. The molecule has 1 aromatic carbocycles. The highest BCUT2D eigenvalue weighted by atomic mass is 32.2. The van der Waals surface area contributed by atoms with E-state index < -0.39 is 9.84 Å². The summed E-state index contributed by atoms with van der Waals surface area (Å²) in [7, 11) is -3.00. The first kappa shape index (κ1) is 16.8. The van der Waals surface area contributed by atoms with Crippen molar-refractivity contribution in [2.24, 2.45) is 5.73 Å². The summed E-state index contributed by atoms with van der Waals surface area (Å²) in [6.07, 6.45) is 1.60. The Balaban J connectivity index is 2.87. The predicted molar refractivity (Wildman–Crippen MR) is 80.0 cm³/mol. The maximum atomic E-state index is 11.2. The van der Waals surface area contributed by atoms with Crippen LogP contribution in [0.2, 0.25) is 0 Å². The molecule has 1 aromatic rings. The maximum absolute atomic E-state index is 11.2.